The number of nitrogens with two attached hydrogens (primary N) is 1. The first kappa shape index (κ1) is 22.0. The van der Waals surface area contributed by atoms with Gasteiger partial charge in [-0.3, -0.25) is 9.18 Å². The number of epoxide rings is 2. The first-order chi connectivity index (χ1) is 13.4. The molecule has 4 unspecified atom stereocenters. The number of carboxylic acid groups (broad SMARTS) is 1. The maximum absolute atomic E-state index is 11.3. The average Bonchev–Trinajstić information content (AvgIpc) is 3.45. The molecule has 0 bridgehead atoms. The van der Waals surface area contributed by atoms with Gasteiger partial charge in [-0.25, -0.2) is 4.79 Å². The fraction of sp³-hybridized carbons (Fsp3) is 0.895. The van der Waals surface area contributed by atoms with Gasteiger partial charge < -0.3 is 25.6 Å². The Bertz CT molecular complexity index is 477. The highest BCUT2D eigenvalue weighted by molar-refractivity contribution is 5.84. The topological polar surface area (TPSA) is 117 Å². The lowest BCUT2D eigenvalue weighted by molar-refractivity contribution is -0.138. The van der Waals surface area contributed by atoms with Crippen LogP contribution in [0.25, 0.3) is 0 Å². The van der Waals surface area contributed by atoms with Crippen molar-refractivity contribution in [3.05, 3.63) is 0 Å². The van der Waals surface area contributed by atoms with E-state index in [0.717, 1.165) is 38.5 Å². The van der Waals surface area contributed by atoms with E-state index in [0.29, 0.717) is 12.1 Å². The highest BCUT2D eigenvalue weighted by atomic mass is 19.1. The average molecular weight is 392 g/mol. The molecule has 2 heterocycles. The lowest BCUT2D eigenvalue weighted by Gasteiger charge is -1.97. The van der Waals surface area contributed by atoms with Crippen LogP contribution in [0.1, 0.15) is 66.6 Å². The second kappa shape index (κ2) is 12.3. The van der Waals surface area contributed by atoms with Crippen molar-refractivity contribution in [3.8, 4) is 0 Å². The Labute approximate surface area is 162 Å². The van der Waals surface area contributed by atoms with Crippen LogP contribution < -0.4 is 11.1 Å². The SMILES string of the molecule is CCCC1OC1C(=O)NC1CC1.CCCC1OC1C(=O)O.NC1CC1.[2H]CF. The first-order valence-corrected chi connectivity index (χ1v) is 9.82. The number of aliphatic carboxylic acids is 1. The van der Waals surface area contributed by atoms with E-state index in [4.69, 9.17) is 21.7 Å². The van der Waals surface area contributed by atoms with Crippen molar-refractivity contribution in [3.63, 3.8) is 0 Å². The fourth-order valence-corrected chi connectivity index (χ4v) is 2.35. The third kappa shape index (κ3) is 10.6. The summed E-state index contributed by atoms with van der Waals surface area (Å²) in [5.74, 6) is -0.718. The van der Waals surface area contributed by atoms with Gasteiger partial charge in [-0.15, -0.1) is 0 Å². The summed E-state index contributed by atoms with van der Waals surface area (Å²) in [7, 11) is -1.00. The van der Waals surface area contributed by atoms with E-state index in [1.54, 1.807) is 0 Å². The molecule has 158 valence electrons. The highest BCUT2D eigenvalue weighted by Gasteiger charge is 2.45. The van der Waals surface area contributed by atoms with Gasteiger partial charge in [-0.2, -0.15) is 0 Å². The second-order valence-electron chi connectivity index (χ2n) is 7.23. The van der Waals surface area contributed by atoms with Crippen molar-refractivity contribution in [2.24, 2.45) is 5.73 Å². The quantitative estimate of drug-likeness (QED) is 0.573. The third-order valence-electron chi connectivity index (χ3n) is 4.36. The predicted molar refractivity (Wildman–Crippen MR) is 100 cm³/mol. The molecule has 8 heteroatoms. The largest absolute Gasteiger partial charge is 0.479 e. The molecule has 2 aliphatic heterocycles. The van der Waals surface area contributed by atoms with E-state index in [2.05, 4.69) is 12.2 Å². The summed E-state index contributed by atoms with van der Waals surface area (Å²) in [6.45, 7) is 4.12. The van der Waals surface area contributed by atoms with Crippen LogP contribution in [-0.4, -0.2) is 60.6 Å². The van der Waals surface area contributed by atoms with Gasteiger partial charge in [0, 0.05) is 12.1 Å². The minimum absolute atomic E-state index is 0.00694. The number of rotatable bonds is 7. The van der Waals surface area contributed by atoms with Crippen LogP contribution in [0.3, 0.4) is 0 Å². The van der Waals surface area contributed by atoms with Crippen LogP contribution in [0, 0.1) is 0 Å². The van der Waals surface area contributed by atoms with Gasteiger partial charge >= 0.3 is 5.97 Å². The lowest BCUT2D eigenvalue weighted by Crippen LogP contribution is -2.30. The number of alkyl halides is 1. The Kier molecular flexibility index (Phi) is 10.0. The number of nitrogens with one attached hydrogen (secondary N) is 1. The van der Waals surface area contributed by atoms with Crippen LogP contribution in [-0.2, 0) is 19.1 Å². The zero-order valence-electron chi connectivity index (χ0n) is 17.4. The number of ether oxygens (including phenoxy) is 2. The van der Waals surface area contributed by atoms with Crippen molar-refractivity contribution < 1.29 is 29.9 Å². The minimum atomic E-state index is -1.00. The van der Waals surface area contributed by atoms with E-state index < -0.39 is 19.2 Å². The number of amides is 1. The molecule has 4 N–H and O–H groups in total. The van der Waals surface area contributed by atoms with Crippen molar-refractivity contribution in [2.45, 2.75) is 102 Å². The monoisotopic (exact) mass is 391 g/mol. The maximum Gasteiger partial charge on any atom is 0.335 e. The minimum Gasteiger partial charge on any atom is -0.479 e. The highest BCUT2D eigenvalue weighted by Crippen LogP contribution is 2.28. The molecule has 2 saturated carbocycles. The molecule has 2 aliphatic carbocycles. The van der Waals surface area contributed by atoms with E-state index >= 15 is 0 Å². The molecule has 4 atom stereocenters. The molecule has 27 heavy (non-hydrogen) atoms. The van der Waals surface area contributed by atoms with Crippen LogP contribution in [0.4, 0.5) is 4.39 Å². The number of carboxylic acids is 1. The number of hydrogen-bond acceptors (Lipinski definition) is 5. The van der Waals surface area contributed by atoms with E-state index in [-0.39, 0.29) is 24.2 Å². The Balaban J connectivity index is 0.000000215. The predicted octanol–water partition coefficient (Wildman–Crippen LogP) is 2.16. The molecule has 4 aliphatic rings. The Morgan fingerprint density at radius 3 is 1.89 bits per heavy atom. The van der Waals surface area contributed by atoms with Crippen molar-refractivity contribution in [1.82, 2.24) is 5.32 Å². The molecule has 0 spiro atoms. The van der Waals surface area contributed by atoms with E-state index in [9.17, 15) is 14.0 Å². The first-order valence-electron chi connectivity index (χ1n) is 10.5. The molecule has 0 aromatic carbocycles. The molecule has 2 saturated heterocycles. The van der Waals surface area contributed by atoms with Gasteiger partial charge in [0.2, 0.25) is 0 Å². The smallest absolute Gasteiger partial charge is 0.335 e. The fourth-order valence-electron chi connectivity index (χ4n) is 2.35. The lowest BCUT2D eigenvalue weighted by atomic mass is 10.2. The van der Waals surface area contributed by atoms with Crippen molar-refractivity contribution in [1.29, 1.82) is 0 Å². The molecule has 4 rings (SSSR count). The van der Waals surface area contributed by atoms with Crippen LogP contribution >= 0.6 is 0 Å². The summed E-state index contributed by atoms with van der Waals surface area (Å²) in [6, 6.07) is 1.05. The third-order valence-corrected chi connectivity index (χ3v) is 4.36. The van der Waals surface area contributed by atoms with Gasteiger partial charge in [0.1, 0.15) is 0 Å². The van der Waals surface area contributed by atoms with Crippen molar-refractivity contribution in [2.75, 3.05) is 7.15 Å². The molecule has 0 aromatic heterocycles. The normalized spacial score (nSPS) is 30.0. The van der Waals surface area contributed by atoms with Gasteiger partial charge in [0.05, 0.1) is 20.7 Å². The van der Waals surface area contributed by atoms with Crippen LogP contribution in [0.5, 0.6) is 0 Å². The molecule has 0 aromatic rings. The van der Waals surface area contributed by atoms with Crippen LogP contribution in [0.15, 0.2) is 0 Å². The number of carbonyl (C=O) groups excluding carboxylic acids is 1. The zero-order valence-corrected chi connectivity index (χ0v) is 16.4. The van der Waals surface area contributed by atoms with Gasteiger partial charge in [0.25, 0.3) is 5.91 Å². The summed E-state index contributed by atoms with van der Waals surface area (Å²) in [6.07, 6.45) is 8.41. The van der Waals surface area contributed by atoms with Gasteiger partial charge in [-0.05, 0) is 38.5 Å². The second-order valence-corrected chi connectivity index (χ2v) is 7.23. The number of halogens is 1. The molecular weight excluding hydrogens is 355 g/mol. The molecule has 1 amide bonds. The standard InChI is InChI=1S/C9H15NO2.C6H10O3.C3H7N.CH3F/c1-2-3-7-8(12-7)9(11)10-6-4-5-6;1-2-3-4-5(9-4)6(7)8;4-3-1-2-3;1-2/h6-8H,2-5H2,1H3,(H,10,11);4-5H,2-3H2,1H3,(H,7,8);3H,1-2,4H2;1H3/i;;;1D. The molecule has 7 nitrogen and oxygen atoms in total. The van der Waals surface area contributed by atoms with Gasteiger partial charge in [-0.1, -0.05) is 26.7 Å². The summed E-state index contributed by atoms with van der Waals surface area (Å²) in [5, 5.41) is 11.3. The summed E-state index contributed by atoms with van der Waals surface area (Å²) in [4.78, 5) is 21.4. The van der Waals surface area contributed by atoms with Gasteiger partial charge in [0.15, 0.2) is 12.2 Å². The molecule has 0 radical (unpaired) electrons. The van der Waals surface area contributed by atoms with E-state index in [1.165, 1.54) is 12.8 Å². The zero-order chi connectivity index (χ0) is 21.1. The Hall–Kier alpha value is -1.25. The van der Waals surface area contributed by atoms with Crippen molar-refractivity contribution >= 4 is 11.9 Å². The molecule has 4 fully saturated rings. The number of hydrogen-bond donors (Lipinski definition) is 3. The summed E-state index contributed by atoms with van der Waals surface area (Å²) >= 11 is 0. The molecular formula is C19H35FN2O5. The van der Waals surface area contributed by atoms with Crippen LogP contribution in [0.2, 0.25) is 0 Å². The Morgan fingerprint density at radius 2 is 1.56 bits per heavy atom. The van der Waals surface area contributed by atoms with E-state index in [1.807, 2.05) is 6.92 Å². The number of carbonyl (C=O) groups is 2. The summed E-state index contributed by atoms with van der Waals surface area (Å²) in [5.41, 5.74) is 5.22. The maximum atomic E-state index is 11.3. The Morgan fingerprint density at radius 1 is 1.11 bits per heavy atom. The summed E-state index contributed by atoms with van der Waals surface area (Å²) < 4.78 is 25.6.